The van der Waals surface area contributed by atoms with Crippen LogP contribution in [0.1, 0.15) is 50.1 Å². The fourth-order valence-electron chi connectivity index (χ4n) is 2.89. The average Bonchev–Trinajstić information content (AvgIpc) is 2.85. The third kappa shape index (κ3) is 3.19. The molecular formula is C17H22FN3O. The maximum Gasteiger partial charge on any atom is 0.244 e. The fraction of sp³-hybridized carbons (Fsp3) is 0.529. The van der Waals surface area contributed by atoms with Crippen molar-refractivity contribution in [2.75, 3.05) is 13.1 Å². The lowest BCUT2D eigenvalue weighted by atomic mass is 10.1. The lowest BCUT2D eigenvalue weighted by Gasteiger charge is -2.24. The molecule has 1 fully saturated rings. The van der Waals surface area contributed by atoms with Gasteiger partial charge in [0.15, 0.2) is 0 Å². The van der Waals surface area contributed by atoms with Gasteiger partial charge in [-0.15, -0.1) is 0 Å². The third-order valence-corrected chi connectivity index (χ3v) is 4.42. The van der Waals surface area contributed by atoms with Gasteiger partial charge in [-0.2, -0.15) is 4.98 Å². The third-order valence-electron chi connectivity index (χ3n) is 4.42. The van der Waals surface area contributed by atoms with Gasteiger partial charge in [0.25, 0.3) is 0 Å². The molecule has 0 amide bonds. The Kier molecular flexibility index (Phi) is 4.52. The van der Waals surface area contributed by atoms with Crippen LogP contribution in [-0.2, 0) is 0 Å². The average molecular weight is 303 g/mol. The molecule has 0 N–H and O–H groups in total. The Balaban J connectivity index is 1.78. The maximum absolute atomic E-state index is 13.7. The van der Waals surface area contributed by atoms with E-state index in [1.807, 2.05) is 6.07 Å². The van der Waals surface area contributed by atoms with Gasteiger partial charge in [-0.05, 0) is 51.4 Å². The minimum Gasteiger partial charge on any atom is -0.337 e. The molecule has 5 heteroatoms. The van der Waals surface area contributed by atoms with E-state index in [1.165, 1.54) is 31.7 Å². The molecule has 1 atom stereocenters. The molecule has 22 heavy (non-hydrogen) atoms. The first-order valence-electron chi connectivity index (χ1n) is 7.99. The van der Waals surface area contributed by atoms with Crippen molar-refractivity contribution < 1.29 is 8.91 Å². The lowest BCUT2D eigenvalue weighted by Crippen LogP contribution is -2.28. The summed E-state index contributed by atoms with van der Waals surface area (Å²) in [6.07, 6.45) is 5.02. The second-order valence-electron chi connectivity index (χ2n) is 6.05. The largest absolute Gasteiger partial charge is 0.337 e. The molecule has 4 nitrogen and oxygen atoms in total. The Morgan fingerprint density at radius 3 is 2.59 bits per heavy atom. The molecule has 2 aromatic rings. The summed E-state index contributed by atoms with van der Waals surface area (Å²) in [5, 5.41) is 4.02. The predicted octanol–water partition coefficient (Wildman–Crippen LogP) is 4.12. The van der Waals surface area contributed by atoms with Gasteiger partial charge in [0, 0.05) is 5.56 Å². The Hall–Kier alpha value is -1.75. The van der Waals surface area contributed by atoms with E-state index in [2.05, 4.69) is 22.0 Å². The van der Waals surface area contributed by atoms with Gasteiger partial charge < -0.3 is 4.52 Å². The number of rotatable bonds is 3. The number of hydrogen-bond acceptors (Lipinski definition) is 4. The highest BCUT2D eigenvalue weighted by Crippen LogP contribution is 2.25. The number of nitrogens with zero attached hydrogens (tertiary/aromatic N) is 3. The number of halogens is 1. The zero-order valence-electron chi connectivity index (χ0n) is 13.2. The molecular weight excluding hydrogens is 281 g/mol. The van der Waals surface area contributed by atoms with E-state index < -0.39 is 0 Å². The second-order valence-corrected chi connectivity index (χ2v) is 6.05. The van der Waals surface area contributed by atoms with Crippen LogP contribution in [0.5, 0.6) is 0 Å². The van der Waals surface area contributed by atoms with Crippen LogP contribution in [0, 0.1) is 12.7 Å². The molecule has 0 aliphatic carbocycles. The van der Waals surface area contributed by atoms with Gasteiger partial charge in [0.05, 0.1) is 6.04 Å². The van der Waals surface area contributed by atoms with Gasteiger partial charge in [-0.1, -0.05) is 30.1 Å². The summed E-state index contributed by atoms with van der Waals surface area (Å²) in [5.41, 5.74) is 1.27. The van der Waals surface area contributed by atoms with Crippen molar-refractivity contribution in [1.82, 2.24) is 15.0 Å². The highest BCUT2D eigenvalue weighted by molar-refractivity contribution is 5.54. The molecule has 118 valence electrons. The van der Waals surface area contributed by atoms with Crippen LogP contribution >= 0.6 is 0 Å². The number of benzene rings is 1. The van der Waals surface area contributed by atoms with E-state index in [9.17, 15) is 4.39 Å². The van der Waals surface area contributed by atoms with Crippen molar-refractivity contribution in [3.8, 4) is 11.4 Å². The number of hydrogen-bond donors (Lipinski definition) is 0. The van der Waals surface area contributed by atoms with Crippen molar-refractivity contribution in [2.24, 2.45) is 0 Å². The summed E-state index contributed by atoms with van der Waals surface area (Å²) >= 11 is 0. The topological polar surface area (TPSA) is 42.2 Å². The van der Waals surface area contributed by atoms with Crippen molar-refractivity contribution in [1.29, 1.82) is 0 Å². The molecule has 1 aromatic heterocycles. The summed E-state index contributed by atoms with van der Waals surface area (Å²) in [6.45, 7) is 5.97. The van der Waals surface area contributed by atoms with E-state index in [0.29, 0.717) is 22.8 Å². The summed E-state index contributed by atoms with van der Waals surface area (Å²) < 4.78 is 19.1. The Bertz CT molecular complexity index is 633. The lowest BCUT2D eigenvalue weighted by molar-refractivity contribution is 0.179. The predicted molar refractivity (Wildman–Crippen MR) is 82.9 cm³/mol. The molecule has 1 aromatic carbocycles. The van der Waals surface area contributed by atoms with Gasteiger partial charge >= 0.3 is 0 Å². The van der Waals surface area contributed by atoms with Crippen molar-refractivity contribution in [3.63, 3.8) is 0 Å². The van der Waals surface area contributed by atoms with Crippen LogP contribution in [0.15, 0.2) is 22.7 Å². The Labute approximate surface area is 130 Å². The minimum atomic E-state index is -0.246. The summed E-state index contributed by atoms with van der Waals surface area (Å²) in [6, 6.07) is 5.12. The first-order chi connectivity index (χ1) is 10.6. The number of aromatic nitrogens is 2. The fourth-order valence-corrected chi connectivity index (χ4v) is 2.89. The van der Waals surface area contributed by atoms with Crippen molar-refractivity contribution in [3.05, 3.63) is 35.5 Å². The highest BCUT2D eigenvalue weighted by atomic mass is 19.1. The van der Waals surface area contributed by atoms with Crippen molar-refractivity contribution in [2.45, 2.75) is 45.6 Å². The van der Waals surface area contributed by atoms with Crippen LogP contribution in [-0.4, -0.2) is 28.1 Å². The highest BCUT2D eigenvalue weighted by Gasteiger charge is 2.22. The summed E-state index contributed by atoms with van der Waals surface area (Å²) in [7, 11) is 0. The molecule has 1 unspecified atom stereocenters. The van der Waals surface area contributed by atoms with Crippen LogP contribution in [0.4, 0.5) is 4.39 Å². The van der Waals surface area contributed by atoms with E-state index in [-0.39, 0.29) is 11.9 Å². The Morgan fingerprint density at radius 1 is 1.18 bits per heavy atom. The zero-order valence-corrected chi connectivity index (χ0v) is 13.2. The first-order valence-corrected chi connectivity index (χ1v) is 7.99. The molecule has 1 aliphatic heterocycles. The normalized spacial score (nSPS) is 18.1. The molecule has 2 heterocycles. The van der Waals surface area contributed by atoms with Crippen LogP contribution in [0.2, 0.25) is 0 Å². The molecule has 0 bridgehead atoms. The zero-order chi connectivity index (χ0) is 15.5. The van der Waals surface area contributed by atoms with Crippen LogP contribution < -0.4 is 0 Å². The van der Waals surface area contributed by atoms with Gasteiger partial charge in [-0.3, -0.25) is 4.90 Å². The van der Waals surface area contributed by atoms with E-state index in [1.54, 1.807) is 13.0 Å². The summed E-state index contributed by atoms with van der Waals surface area (Å²) in [5.74, 6) is 0.817. The van der Waals surface area contributed by atoms with Gasteiger partial charge in [0.2, 0.25) is 11.7 Å². The molecule has 0 radical (unpaired) electrons. The first kappa shape index (κ1) is 15.2. The number of likely N-dealkylation sites (tertiary alicyclic amines) is 1. The molecule has 3 rings (SSSR count). The quantitative estimate of drug-likeness (QED) is 0.855. The maximum atomic E-state index is 13.7. The smallest absolute Gasteiger partial charge is 0.244 e. The van der Waals surface area contributed by atoms with E-state index in [4.69, 9.17) is 4.52 Å². The standard InChI is InChI=1S/C17H22FN3O/c1-12-7-8-14(11-15(12)18)16-19-17(22-20-16)13(2)21-9-5-3-4-6-10-21/h7-8,11,13H,3-6,9-10H2,1-2H3. The molecule has 0 saturated carbocycles. The van der Waals surface area contributed by atoms with E-state index in [0.717, 1.165) is 13.1 Å². The molecule has 1 aliphatic rings. The monoisotopic (exact) mass is 303 g/mol. The minimum absolute atomic E-state index is 0.106. The molecule has 1 saturated heterocycles. The SMILES string of the molecule is Cc1ccc(-c2noc(C(C)N3CCCCCC3)n2)cc1F. The van der Waals surface area contributed by atoms with Crippen LogP contribution in [0.3, 0.4) is 0 Å². The van der Waals surface area contributed by atoms with Gasteiger partial charge in [-0.25, -0.2) is 4.39 Å². The molecule has 0 spiro atoms. The van der Waals surface area contributed by atoms with Gasteiger partial charge in [0.1, 0.15) is 5.82 Å². The number of aryl methyl sites for hydroxylation is 1. The summed E-state index contributed by atoms with van der Waals surface area (Å²) in [4.78, 5) is 6.86. The second kappa shape index (κ2) is 6.57. The van der Waals surface area contributed by atoms with Crippen LogP contribution in [0.25, 0.3) is 11.4 Å². The Morgan fingerprint density at radius 2 is 1.91 bits per heavy atom. The van der Waals surface area contributed by atoms with E-state index >= 15 is 0 Å². The van der Waals surface area contributed by atoms with Crippen molar-refractivity contribution >= 4 is 0 Å².